The number of carboxylic acid groups (broad SMARTS) is 1. The summed E-state index contributed by atoms with van der Waals surface area (Å²) in [5.41, 5.74) is -0.386. The molecule has 0 aliphatic heterocycles. The lowest BCUT2D eigenvalue weighted by Gasteiger charge is -2.10. The van der Waals surface area contributed by atoms with E-state index in [0.717, 1.165) is 0 Å². The summed E-state index contributed by atoms with van der Waals surface area (Å²) in [4.78, 5) is 41.5. The highest BCUT2D eigenvalue weighted by atomic mass is 79.9. The van der Waals surface area contributed by atoms with E-state index < -0.39 is 29.2 Å². The number of benzene rings is 1. The number of aliphatic carboxylic acids is 1. The zero-order chi connectivity index (χ0) is 16.0. The molecule has 1 atom stereocenters. The van der Waals surface area contributed by atoms with Gasteiger partial charge in [0, 0.05) is 10.5 Å². The fraction of sp³-hybridized carbons (Fsp3) is 0.333. The number of nitro groups is 1. The summed E-state index contributed by atoms with van der Waals surface area (Å²) in [5, 5.41) is 19.5. The van der Waals surface area contributed by atoms with Crippen LogP contribution in [0.15, 0.2) is 22.7 Å². The molecule has 1 unspecified atom stereocenters. The molecule has 1 aromatic rings. The van der Waals surface area contributed by atoms with Crippen molar-refractivity contribution in [2.24, 2.45) is 5.92 Å². The van der Waals surface area contributed by atoms with Crippen molar-refractivity contribution in [2.45, 2.75) is 19.8 Å². The van der Waals surface area contributed by atoms with Crippen molar-refractivity contribution in [3.63, 3.8) is 0 Å². The normalized spacial score (nSPS) is 11.5. The summed E-state index contributed by atoms with van der Waals surface area (Å²) in [5.74, 6) is -3.16. The lowest BCUT2D eigenvalue weighted by atomic mass is 10.0. The number of hydrogen-bond acceptors (Lipinski definition) is 6. The Morgan fingerprint density at radius 2 is 2.14 bits per heavy atom. The quantitative estimate of drug-likeness (QED) is 0.450. The first-order chi connectivity index (χ1) is 9.85. The van der Waals surface area contributed by atoms with Gasteiger partial charge in [-0.3, -0.25) is 19.8 Å². The van der Waals surface area contributed by atoms with Crippen LogP contribution < -0.4 is 4.89 Å². The molecule has 9 heteroatoms. The Balaban J connectivity index is 2.77. The number of nitro benzene ring substituents is 1. The van der Waals surface area contributed by atoms with Gasteiger partial charge in [-0.15, -0.1) is 0 Å². The van der Waals surface area contributed by atoms with Crippen LogP contribution in [0.2, 0.25) is 0 Å². The molecule has 0 heterocycles. The lowest BCUT2D eigenvalue weighted by molar-refractivity contribution is -0.388. The SMILES string of the molecule is CCC(CC(=O)O)C(=O)OOc1ccc(Br)cc1[N+](=O)[O-]. The summed E-state index contributed by atoms with van der Waals surface area (Å²) in [6.45, 7) is 1.62. The van der Waals surface area contributed by atoms with E-state index in [1.165, 1.54) is 18.2 Å². The van der Waals surface area contributed by atoms with Gasteiger partial charge in [0.2, 0.25) is 0 Å². The van der Waals surface area contributed by atoms with Gasteiger partial charge in [-0.05, 0) is 18.6 Å². The minimum Gasteiger partial charge on any atom is -0.481 e. The number of carbonyl (C=O) groups excluding carboxylic acids is 1. The predicted octanol–water partition coefficient (Wildman–Crippen LogP) is 2.70. The fourth-order valence-electron chi connectivity index (χ4n) is 1.46. The van der Waals surface area contributed by atoms with E-state index in [9.17, 15) is 19.7 Å². The first kappa shape index (κ1) is 16.9. The van der Waals surface area contributed by atoms with Crippen LogP contribution in [0.4, 0.5) is 5.69 Å². The van der Waals surface area contributed by atoms with E-state index in [1.54, 1.807) is 6.92 Å². The van der Waals surface area contributed by atoms with Gasteiger partial charge in [-0.2, -0.15) is 0 Å². The summed E-state index contributed by atoms with van der Waals surface area (Å²) >= 11 is 3.07. The molecular weight excluding hydrogens is 350 g/mol. The zero-order valence-corrected chi connectivity index (χ0v) is 12.5. The van der Waals surface area contributed by atoms with Crippen LogP contribution in [0, 0.1) is 16.0 Å². The molecule has 21 heavy (non-hydrogen) atoms. The number of hydrogen-bond donors (Lipinski definition) is 1. The first-order valence-corrected chi connectivity index (χ1v) is 6.68. The van der Waals surface area contributed by atoms with Gasteiger partial charge in [0.05, 0.1) is 17.3 Å². The van der Waals surface area contributed by atoms with Crippen molar-refractivity contribution >= 4 is 33.6 Å². The highest BCUT2D eigenvalue weighted by molar-refractivity contribution is 9.10. The second-order valence-electron chi connectivity index (χ2n) is 4.06. The molecule has 8 nitrogen and oxygen atoms in total. The van der Waals surface area contributed by atoms with Gasteiger partial charge in [0.15, 0.2) is 0 Å². The Morgan fingerprint density at radius 3 is 2.67 bits per heavy atom. The van der Waals surface area contributed by atoms with Gasteiger partial charge < -0.3 is 5.11 Å². The highest BCUT2D eigenvalue weighted by Crippen LogP contribution is 2.30. The van der Waals surface area contributed by atoms with Crippen LogP contribution >= 0.6 is 15.9 Å². The zero-order valence-electron chi connectivity index (χ0n) is 10.9. The van der Waals surface area contributed by atoms with Crippen molar-refractivity contribution in [1.29, 1.82) is 0 Å². The third kappa shape index (κ3) is 5.03. The molecule has 0 aliphatic rings. The Hall–Kier alpha value is -2.16. The molecule has 0 amide bonds. The maximum absolute atomic E-state index is 11.6. The van der Waals surface area contributed by atoms with Crippen molar-refractivity contribution < 1.29 is 29.4 Å². The average molecular weight is 362 g/mol. The fourth-order valence-corrected chi connectivity index (χ4v) is 1.81. The summed E-state index contributed by atoms with van der Waals surface area (Å²) in [6, 6.07) is 3.93. The van der Waals surface area contributed by atoms with Crippen LogP contribution in [-0.2, 0) is 14.5 Å². The molecule has 114 valence electrons. The monoisotopic (exact) mass is 361 g/mol. The van der Waals surface area contributed by atoms with Crippen LogP contribution in [0.25, 0.3) is 0 Å². The van der Waals surface area contributed by atoms with Crippen LogP contribution in [-0.4, -0.2) is 22.0 Å². The number of carboxylic acids is 1. The van der Waals surface area contributed by atoms with Gasteiger partial charge in [0.1, 0.15) is 0 Å². The van der Waals surface area contributed by atoms with E-state index in [2.05, 4.69) is 25.7 Å². The van der Waals surface area contributed by atoms with Crippen molar-refractivity contribution in [2.75, 3.05) is 0 Å². The maximum Gasteiger partial charge on any atom is 0.359 e. The second-order valence-corrected chi connectivity index (χ2v) is 4.97. The third-order valence-electron chi connectivity index (χ3n) is 2.58. The van der Waals surface area contributed by atoms with Crippen LogP contribution in [0.1, 0.15) is 19.8 Å². The van der Waals surface area contributed by atoms with Crippen molar-refractivity contribution in [3.05, 3.63) is 32.8 Å². The van der Waals surface area contributed by atoms with E-state index in [4.69, 9.17) is 5.11 Å². The Bertz CT molecular complexity index is 561. The van der Waals surface area contributed by atoms with E-state index >= 15 is 0 Å². The molecule has 0 fully saturated rings. The lowest BCUT2D eigenvalue weighted by Crippen LogP contribution is -2.21. The molecule has 0 bridgehead atoms. The van der Waals surface area contributed by atoms with E-state index in [-0.39, 0.29) is 17.9 Å². The molecule has 0 saturated carbocycles. The summed E-state index contributed by atoms with van der Waals surface area (Å²) in [7, 11) is 0. The Morgan fingerprint density at radius 1 is 1.48 bits per heavy atom. The van der Waals surface area contributed by atoms with Crippen LogP contribution in [0.3, 0.4) is 0 Å². The van der Waals surface area contributed by atoms with E-state index in [0.29, 0.717) is 4.47 Å². The molecule has 0 saturated heterocycles. The minimum absolute atomic E-state index is 0.247. The molecular formula is C12H12BrNO7. The Labute approximate surface area is 127 Å². The van der Waals surface area contributed by atoms with Gasteiger partial charge in [0.25, 0.3) is 5.75 Å². The third-order valence-corrected chi connectivity index (χ3v) is 3.07. The average Bonchev–Trinajstić information content (AvgIpc) is 2.42. The molecule has 0 spiro atoms. The molecule has 1 N–H and O–H groups in total. The Kier molecular flexibility index (Phi) is 6.10. The second kappa shape index (κ2) is 7.58. The van der Waals surface area contributed by atoms with Crippen molar-refractivity contribution in [3.8, 4) is 5.75 Å². The molecule has 0 radical (unpaired) electrons. The molecule has 1 rings (SSSR count). The number of rotatable bonds is 7. The first-order valence-electron chi connectivity index (χ1n) is 5.89. The predicted molar refractivity (Wildman–Crippen MR) is 73.6 cm³/mol. The number of carbonyl (C=O) groups is 2. The van der Waals surface area contributed by atoms with Gasteiger partial charge >= 0.3 is 17.6 Å². The van der Waals surface area contributed by atoms with Crippen LogP contribution in [0.5, 0.6) is 5.75 Å². The van der Waals surface area contributed by atoms with Gasteiger partial charge in [-0.25, -0.2) is 9.68 Å². The summed E-state index contributed by atoms with van der Waals surface area (Å²) < 4.78 is 0.463. The van der Waals surface area contributed by atoms with E-state index in [1.807, 2.05) is 0 Å². The largest absolute Gasteiger partial charge is 0.481 e. The summed E-state index contributed by atoms with van der Waals surface area (Å²) in [6.07, 6.45) is -0.155. The molecule has 1 aromatic carbocycles. The number of halogens is 1. The maximum atomic E-state index is 11.6. The molecule has 0 aromatic heterocycles. The minimum atomic E-state index is -1.14. The smallest absolute Gasteiger partial charge is 0.359 e. The van der Waals surface area contributed by atoms with Crippen molar-refractivity contribution in [1.82, 2.24) is 0 Å². The highest BCUT2D eigenvalue weighted by Gasteiger charge is 2.24. The standard InChI is InChI=1S/C12H12BrNO7/c1-2-7(5-11(15)16)12(17)21-20-10-4-3-8(13)6-9(10)14(18)19/h3-4,6-7H,2,5H2,1H3,(H,15,16). The molecule has 0 aliphatic carbocycles. The van der Waals surface area contributed by atoms with Gasteiger partial charge in [-0.1, -0.05) is 22.9 Å². The topological polar surface area (TPSA) is 116 Å². The number of nitrogens with zero attached hydrogens (tertiary/aromatic N) is 1.